The van der Waals surface area contributed by atoms with E-state index in [1.165, 1.54) is 6.92 Å². The Balaban J connectivity index is 1.76. The highest BCUT2D eigenvalue weighted by atomic mass is 35.5. The van der Waals surface area contributed by atoms with Gasteiger partial charge in [-0.05, 0) is 68.1 Å². The van der Waals surface area contributed by atoms with Gasteiger partial charge >= 0.3 is 0 Å². The fourth-order valence-corrected chi connectivity index (χ4v) is 5.02. The average Bonchev–Trinajstić information content (AvgIpc) is 3.15. The third-order valence-electron chi connectivity index (χ3n) is 4.93. The van der Waals surface area contributed by atoms with Crippen molar-refractivity contribution in [3.05, 3.63) is 68.1 Å². The molecule has 1 aromatic heterocycles. The lowest BCUT2D eigenvalue weighted by Gasteiger charge is -2.09. The predicted molar refractivity (Wildman–Crippen MR) is 132 cm³/mol. The van der Waals surface area contributed by atoms with Gasteiger partial charge in [0.1, 0.15) is 17.4 Å². The number of ether oxygens (including phenoxy) is 1. The number of hydrogen-bond acceptors (Lipinski definition) is 5. The van der Waals surface area contributed by atoms with Crippen LogP contribution in [0.1, 0.15) is 59.6 Å². The largest absolute Gasteiger partial charge is 0.486 e. The first-order valence-electron chi connectivity index (χ1n) is 10.4. The molecule has 0 atom stereocenters. The molecule has 1 heterocycles. The monoisotopic (exact) mass is 489 g/mol. The van der Waals surface area contributed by atoms with Gasteiger partial charge in [0.05, 0.1) is 10.7 Å². The SMILES string of the molecule is CC(=O)COc1ccc(C(=O)CCc2nc(-c3ccc(Cl)cc3Cl)sc2C(C)C)cc1C. The van der Waals surface area contributed by atoms with E-state index in [1.807, 2.05) is 13.0 Å². The highest BCUT2D eigenvalue weighted by Crippen LogP contribution is 2.37. The van der Waals surface area contributed by atoms with Crippen LogP contribution in [0.3, 0.4) is 0 Å². The summed E-state index contributed by atoms with van der Waals surface area (Å²) in [6, 6.07) is 10.7. The second kappa shape index (κ2) is 10.6. The number of hydrogen-bond donors (Lipinski definition) is 0. The molecule has 0 radical (unpaired) electrons. The molecular formula is C25H25Cl2NO3S. The van der Waals surface area contributed by atoms with Gasteiger partial charge in [0, 0.05) is 27.4 Å². The number of aryl methyl sites for hydroxylation is 2. The number of rotatable bonds is 9. The van der Waals surface area contributed by atoms with E-state index in [9.17, 15) is 9.59 Å². The molecule has 3 aromatic rings. The van der Waals surface area contributed by atoms with Crippen molar-refractivity contribution in [3.8, 4) is 16.3 Å². The maximum Gasteiger partial charge on any atom is 0.167 e. The number of aromatic nitrogens is 1. The number of benzene rings is 2. The zero-order valence-corrected chi connectivity index (χ0v) is 20.8. The van der Waals surface area contributed by atoms with Gasteiger partial charge in [-0.2, -0.15) is 0 Å². The van der Waals surface area contributed by atoms with Gasteiger partial charge < -0.3 is 4.74 Å². The molecule has 0 aliphatic carbocycles. The number of carbonyl (C=O) groups is 2. The maximum atomic E-state index is 12.8. The van der Waals surface area contributed by atoms with Crippen molar-refractivity contribution in [2.24, 2.45) is 0 Å². The van der Waals surface area contributed by atoms with Crippen LogP contribution in [-0.4, -0.2) is 23.2 Å². The smallest absolute Gasteiger partial charge is 0.167 e. The summed E-state index contributed by atoms with van der Waals surface area (Å²) in [5.74, 6) is 0.897. The van der Waals surface area contributed by atoms with Crippen molar-refractivity contribution >= 4 is 46.1 Å². The molecule has 0 amide bonds. The fraction of sp³-hybridized carbons (Fsp3) is 0.320. The van der Waals surface area contributed by atoms with Gasteiger partial charge in [-0.3, -0.25) is 9.59 Å². The van der Waals surface area contributed by atoms with Gasteiger partial charge in [0.2, 0.25) is 0 Å². The molecule has 0 spiro atoms. The second-order valence-corrected chi connectivity index (χ2v) is 9.88. The zero-order chi connectivity index (χ0) is 23.4. The van der Waals surface area contributed by atoms with Crippen LogP contribution in [-0.2, 0) is 11.2 Å². The first kappa shape index (κ1) is 24.4. The third kappa shape index (κ3) is 5.97. The van der Waals surface area contributed by atoms with Crippen molar-refractivity contribution in [2.45, 2.75) is 46.5 Å². The topological polar surface area (TPSA) is 56.3 Å². The molecule has 0 aliphatic rings. The van der Waals surface area contributed by atoms with E-state index >= 15 is 0 Å². The molecule has 3 rings (SSSR count). The van der Waals surface area contributed by atoms with Crippen molar-refractivity contribution in [1.29, 1.82) is 0 Å². The van der Waals surface area contributed by atoms with E-state index in [0.717, 1.165) is 26.7 Å². The summed E-state index contributed by atoms with van der Waals surface area (Å²) >= 11 is 14.0. The standard InChI is InChI=1S/C25H25Cl2NO3S/c1-14(2)24-21(28-25(32-24)19-7-6-18(26)12-20(19)27)8-9-22(30)17-5-10-23(15(3)11-17)31-13-16(4)29/h5-7,10-12,14H,8-9,13H2,1-4H3. The molecule has 0 saturated carbocycles. The molecule has 0 N–H and O–H groups in total. The zero-order valence-electron chi connectivity index (χ0n) is 18.5. The molecule has 0 saturated heterocycles. The number of nitrogens with zero attached hydrogens (tertiary/aromatic N) is 1. The van der Waals surface area contributed by atoms with Crippen molar-refractivity contribution < 1.29 is 14.3 Å². The van der Waals surface area contributed by atoms with Crippen molar-refractivity contribution in [2.75, 3.05) is 6.61 Å². The number of ketones is 2. The Bertz CT molecular complexity index is 1150. The number of Topliss-reactive ketones (excluding diaryl/α,β-unsaturated/α-hetero) is 2. The first-order chi connectivity index (χ1) is 15.2. The van der Waals surface area contributed by atoms with Gasteiger partial charge in [-0.25, -0.2) is 4.98 Å². The normalized spacial score (nSPS) is 11.1. The van der Waals surface area contributed by atoms with Crippen LogP contribution in [0.25, 0.3) is 10.6 Å². The molecule has 7 heteroatoms. The molecule has 168 valence electrons. The Morgan fingerprint density at radius 1 is 1.12 bits per heavy atom. The van der Waals surface area contributed by atoms with E-state index in [-0.39, 0.29) is 24.1 Å². The molecular weight excluding hydrogens is 465 g/mol. The Kier molecular flexibility index (Phi) is 8.10. The number of halogens is 2. The van der Waals surface area contributed by atoms with Crippen LogP contribution in [0.15, 0.2) is 36.4 Å². The van der Waals surface area contributed by atoms with Crippen molar-refractivity contribution in [1.82, 2.24) is 4.98 Å². The molecule has 4 nitrogen and oxygen atoms in total. The Hall–Kier alpha value is -2.21. The van der Waals surface area contributed by atoms with E-state index in [0.29, 0.717) is 34.2 Å². The summed E-state index contributed by atoms with van der Waals surface area (Å²) in [7, 11) is 0. The Morgan fingerprint density at radius 3 is 2.50 bits per heavy atom. The predicted octanol–water partition coefficient (Wildman–Crippen LogP) is 7.33. The lowest BCUT2D eigenvalue weighted by atomic mass is 10.0. The molecule has 32 heavy (non-hydrogen) atoms. The van der Waals surface area contributed by atoms with E-state index in [2.05, 4.69) is 13.8 Å². The van der Waals surface area contributed by atoms with Crippen LogP contribution >= 0.6 is 34.5 Å². The van der Waals surface area contributed by atoms with E-state index < -0.39 is 0 Å². The second-order valence-electron chi connectivity index (χ2n) is 8.00. The van der Waals surface area contributed by atoms with E-state index in [1.54, 1.807) is 41.7 Å². The van der Waals surface area contributed by atoms with Crippen LogP contribution in [0.4, 0.5) is 0 Å². The van der Waals surface area contributed by atoms with Crippen LogP contribution in [0, 0.1) is 6.92 Å². The quantitative estimate of drug-likeness (QED) is 0.295. The van der Waals surface area contributed by atoms with Gasteiger partial charge in [0.25, 0.3) is 0 Å². The Morgan fingerprint density at radius 2 is 1.88 bits per heavy atom. The number of thiazole rings is 1. The third-order valence-corrected chi connectivity index (χ3v) is 6.91. The summed E-state index contributed by atoms with van der Waals surface area (Å²) in [6.07, 6.45) is 0.903. The minimum atomic E-state index is -0.0481. The first-order valence-corrected chi connectivity index (χ1v) is 11.9. The highest BCUT2D eigenvalue weighted by molar-refractivity contribution is 7.15. The van der Waals surface area contributed by atoms with Crippen LogP contribution in [0.2, 0.25) is 10.0 Å². The Labute approximate surface area is 202 Å². The molecule has 0 aliphatic heterocycles. The van der Waals surface area contributed by atoms with E-state index in [4.69, 9.17) is 32.9 Å². The van der Waals surface area contributed by atoms with Crippen molar-refractivity contribution in [3.63, 3.8) is 0 Å². The lowest BCUT2D eigenvalue weighted by molar-refractivity contribution is -0.118. The van der Waals surface area contributed by atoms with Gasteiger partial charge in [-0.15, -0.1) is 11.3 Å². The molecule has 0 fully saturated rings. The van der Waals surface area contributed by atoms with Gasteiger partial charge in [-0.1, -0.05) is 37.0 Å². The lowest BCUT2D eigenvalue weighted by Crippen LogP contribution is -2.08. The molecule has 0 bridgehead atoms. The number of carbonyl (C=O) groups excluding carboxylic acids is 2. The summed E-state index contributed by atoms with van der Waals surface area (Å²) in [5.41, 5.74) is 3.23. The van der Waals surface area contributed by atoms with Crippen LogP contribution < -0.4 is 4.74 Å². The van der Waals surface area contributed by atoms with Crippen LogP contribution in [0.5, 0.6) is 5.75 Å². The maximum absolute atomic E-state index is 12.8. The molecule has 0 unspecified atom stereocenters. The summed E-state index contributed by atoms with van der Waals surface area (Å²) in [4.78, 5) is 29.9. The highest BCUT2D eigenvalue weighted by Gasteiger charge is 2.18. The minimum absolute atomic E-state index is 0.0237. The van der Waals surface area contributed by atoms with Gasteiger partial charge in [0.15, 0.2) is 11.6 Å². The minimum Gasteiger partial charge on any atom is -0.486 e. The fourth-order valence-electron chi connectivity index (χ4n) is 3.31. The molecule has 2 aromatic carbocycles. The summed E-state index contributed by atoms with van der Waals surface area (Å²) < 4.78 is 5.48. The summed E-state index contributed by atoms with van der Waals surface area (Å²) in [5, 5.41) is 1.98. The summed E-state index contributed by atoms with van der Waals surface area (Å²) in [6.45, 7) is 7.61. The average molecular weight is 490 g/mol.